The average Bonchev–Trinajstić information content (AvgIpc) is 2.92. The van der Waals surface area contributed by atoms with Crippen LogP contribution in [0.4, 0.5) is 0 Å². The summed E-state index contributed by atoms with van der Waals surface area (Å²) in [6.45, 7) is 6.78. The molecule has 0 aromatic carbocycles. The summed E-state index contributed by atoms with van der Waals surface area (Å²) in [7, 11) is 0. The van der Waals surface area contributed by atoms with E-state index in [2.05, 4.69) is 19.9 Å². The number of aliphatic hydroxyl groups is 1. The van der Waals surface area contributed by atoms with Crippen molar-refractivity contribution in [3.8, 4) is 0 Å². The lowest BCUT2D eigenvalue weighted by atomic mass is 9.47. The van der Waals surface area contributed by atoms with Gasteiger partial charge in [-0.05, 0) is 85.9 Å². The number of rotatable bonds is 2. The summed E-state index contributed by atoms with van der Waals surface area (Å²) >= 11 is 0. The first-order valence-corrected chi connectivity index (χ1v) is 10.4. The maximum absolute atomic E-state index is 11.6. The van der Waals surface area contributed by atoms with E-state index in [-0.39, 0.29) is 22.9 Å². The van der Waals surface area contributed by atoms with E-state index < -0.39 is 5.97 Å². The number of allylic oxidation sites excluding steroid dienone is 1. The highest BCUT2D eigenvalue weighted by Gasteiger charge is 2.59. The molecule has 8 atom stereocenters. The van der Waals surface area contributed by atoms with Gasteiger partial charge in [-0.25, -0.2) is 0 Å². The Bertz CT molecular complexity index is 596. The normalized spacial score (nSPS) is 50.2. The highest BCUT2D eigenvalue weighted by molar-refractivity contribution is 5.70. The summed E-state index contributed by atoms with van der Waals surface area (Å²) in [5, 5.41) is 19.7. The molecule has 2 N–H and O–H groups in total. The van der Waals surface area contributed by atoms with E-state index >= 15 is 0 Å². The van der Waals surface area contributed by atoms with E-state index in [1.54, 1.807) is 0 Å². The fraction of sp³-hybridized carbons (Fsp3) is 0.864. The smallest absolute Gasteiger partial charge is 0.306 e. The zero-order valence-electron chi connectivity index (χ0n) is 16.0. The molecule has 0 aromatic rings. The number of hydrogen-bond acceptors (Lipinski definition) is 2. The van der Waals surface area contributed by atoms with Crippen molar-refractivity contribution in [2.75, 3.05) is 0 Å². The third kappa shape index (κ3) is 2.44. The van der Waals surface area contributed by atoms with Crippen molar-refractivity contribution in [2.45, 2.75) is 78.2 Å². The van der Waals surface area contributed by atoms with Crippen LogP contribution in [0.2, 0.25) is 0 Å². The van der Waals surface area contributed by atoms with Crippen molar-refractivity contribution >= 4 is 5.97 Å². The Balaban J connectivity index is 1.63. The molecule has 0 spiro atoms. The molecule has 4 aliphatic rings. The zero-order chi connectivity index (χ0) is 18.0. The van der Waals surface area contributed by atoms with Crippen LogP contribution in [0.15, 0.2) is 11.6 Å². The van der Waals surface area contributed by atoms with Crippen molar-refractivity contribution in [1.29, 1.82) is 0 Å². The van der Waals surface area contributed by atoms with Gasteiger partial charge in [-0.3, -0.25) is 4.79 Å². The molecule has 3 nitrogen and oxygen atoms in total. The van der Waals surface area contributed by atoms with Gasteiger partial charge in [0.05, 0.1) is 12.0 Å². The minimum Gasteiger partial charge on any atom is -0.481 e. The molecule has 4 rings (SSSR count). The molecular formula is C22H34O3. The fourth-order valence-corrected chi connectivity index (χ4v) is 7.68. The van der Waals surface area contributed by atoms with E-state index in [0.717, 1.165) is 38.0 Å². The number of carboxylic acid groups (broad SMARTS) is 1. The molecule has 0 heterocycles. The topological polar surface area (TPSA) is 57.5 Å². The van der Waals surface area contributed by atoms with Gasteiger partial charge in [0.2, 0.25) is 0 Å². The highest BCUT2D eigenvalue weighted by atomic mass is 16.4. The van der Waals surface area contributed by atoms with Gasteiger partial charge in [-0.2, -0.15) is 0 Å². The Morgan fingerprint density at radius 2 is 1.92 bits per heavy atom. The Kier molecular flexibility index (Phi) is 4.10. The summed E-state index contributed by atoms with van der Waals surface area (Å²) in [4.78, 5) is 11.6. The summed E-state index contributed by atoms with van der Waals surface area (Å²) in [5.41, 5.74) is 2.00. The predicted molar refractivity (Wildman–Crippen MR) is 98.0 cm³/mol. The van der Waals surface area contributed by atoms with Gasteiger partial charge in [0, 0.05) is 0 Å². The van der Waals surface area contributed by atoms with Crippen molar-refractivity contribution < 1.29 is 15.0 Å². The Morgan fingerprint density at radius 1 is 1.16 bits per heavy atom. The average molecular weight is 347 g/mol. The van der Waals surface area contributed by atoms with Gasteiger partial charge in [0.1, 0.15) is 0 Å². The molecule has 3 heteroatoms. The largest absolute Gasteiger partial charge is 0.481 e. The zero-order valence-corrected chi connectivity index (χ0v) is 16.0. The number of aliphatic hydroxyl groups excluding tert-OH is 1. The molecule has 4 aliphatic carbocycles. The van der Waals surface area contributed by atoms with Gasteiger partial charge >= 0.3 is 5.97 Å². The van der Waals surface area contributed by atoms with Gasteiger partial charge in [-0.15, -0.1) is 0 Å². The molecule has 140 valence electrons. The molecule has 3 fully saturated rings. The van der Waals surface area contributed by atoms with Crippen LogP contribution in [-0.2, 0) is 4.79 Å². The van der Waals surface area contributed by atoms with Crippen LogP contribution >= 0.6 is 0 Å². The van der Waals surface area contributed by atoms with Gasteiger partial charge in [-0.1, -0.05) is 32.4 Å². The van der Waals surface area contributed by atoms with E-state index in [0.29, 0.717) is 17.8 Å². The second kappa shape index (κ2) is 5.84. The van der Waals surface area contributed by atoms with Crippen molar-refractivity contribution in [1.82, 2.24) is 0 Å². The minimum absolute atomic E-state index is 0.142. The monoisotopic (exact) mass is 346 g/mol. The second-order valence-electron chi connectivity index (χ2n) is 10.0. The lowest BCUT2D eigenvalue weighted by Gasteiger charge is -2.58. The maximum Gasteiger partial charge on any atom is 0.306 e. The third-order valence-electron chi connectivity index (χ3n) is 9.14. The molecule has 0 bridgehead atoms. The summed E-state index contributed by atoms with van der Waals surface area (Å²) in [5.74, 6) is 1.63. The molecule has 0 aliphatic heterocycles. The highest BCUT2D eigenvalue weighted by Crippen LogP contribution is 2.67. The van der Waals surface area contributed by atoms with Gasteiger partial charge < -0.3 is 10.2 Å². The minimum atomic E-state index is -0.618. The number of hydrogen-bond donors (Lipinski definition) is 2. The van der Waals surface area contributed by atoms with Crippen LogP contribution in [0.3, 0.4) is 0 Å². The standard InChI is InChI=1S/C22H34O3/c1-13(20(24)25)17-6-7-18-16-5-4-14-12-15(23)8-10-21(14,2)19(16)9-11-22(17,18)3/h4,13,15-19,23H,5-12H2,1-3H3,(H,24,25)/t13-,15-,16-,17+,18+,19+,21-,22+/m0/s1. The molecule has 0 aromatic heterocycles. The lowest BCUT2D eigenvalue weighted by Crippen LogP contribution is -2.51. The van der Waals surface area contributed by atoms with Crippen LogP contribution in [-0.4, -0.2) is 22.3 Å². The van der Waals surface area contributed by atoms with Crippen molar-refractivity contribution in [3.63, 3.8) is 0 Å². The first-order chi connectivity index (χ1) is 11.8. The van der Waals surface area contributed by atoms with Crippen LogP contribution in [0, 0.1) is 40.4 Å². The Morgan fingerprint density at radius 3 is 2.64 bits per heavy atom. The number of aliphatic carboxylic acids is 1. The van der Waals surface area contributed by atoms with Crippen molar-refractivity contribution in [2.24, 2.45) is 40.4 Å². The second-order valence-corrected chi connectivity index (χ2v) is 10.0. The molecule has 25 heavy (non-hydrogen) atoms. The molecule has 3 saturated carbocycles. The lowest BCUT2D eigenvalue weighted by molar-refractivity contribution is -0.146. The molecular weight excluding hydrogens is 312 g/mol. The summed E-state index contributed by atoms with van der Waals surface area (Å²) < 4.78 is 0. The summed E-state index contributed by atoms with van der Waals surface area (Å²) in [6, 6.07) is 0. The maximum atomic E-state index is 11.6. The van der Waals surface area contributed by atoms with Crippen LogP contribution in [0.25, 0.3) is 0 Å². The van der Waals surface area contributed by atoms with Crippen molar-refractivity contribution in [3.05, 3.63) is 11.6 Å². The number of carbonyl (C=O) groups is 1. The first kappa shape index (κ1) is 17.6. The van der Waals surface area contributed by atoms with E-state index in [1.807, 2.05) is 6.92 Å². The molecule has 0 radical (unpaired) electrons. The Hall–Kier alpha value is -0.830. The Labute approximate surface area is 151 Å². The van der Waals surface area contributed by atoms with Crippen LogP contribution in [0.5, 0.6) is 0 Å². The van der Waals surface area contributed by atoms with Crippen LogP contribution < -0.4 is 0 Å². The molecule has 0 amide bonds. The van der Waals surface area contributed by atoms with E-state index in [1.165, 1.54) is 24.8 Å². The first-order valence-electron chi connectivity index (χ1n) is 10.4. The van der Waals surface area contributed by atoms with Crippen LogP contribution in [0.1, 0.15) is 72.1 Å². The SMILES string of the molecule is C[C@H](C(=O)O)[C@H]1CC[C@@H]2[C@@H]3CC=C4C[C@@H](O)CC[C@]4(C)[C@@H]3CC[C@@]21C. The quantitative estimate of drug-likeness (QED) is 0.716. The van der Waals surface area contributed by atoms with Gasteiger partial charge in [0.15, 0.2) is 0 Å². The number of fused-ring (bicyclic) bond motifs is 5. The van der Waals surface area contributed by atoms with E-state index in [9.17, 15) is 15.0 Å². The van der Waals surface area contributed by atoms with E-state index in [4.69, 9.17) is 0 Å². The van der Waals surface area contributed by atoms with Gasteiger partial charge in [0.25, 0.3) is 0 Å². The number of carboxylic acids is 1. The molecule has 0 saturated heterocycles. The predicted octanol–water partition coefficient (Wildman–Crippen LogP) is 4.65. The fourth-order valence-electron chi connectivity index (χ4n) is 7.68. The third-order valence-corrected chi connectivity index (χ3v) is 9.14. The summed E-state index contributed by atoms with van der Waals surface area (Å²) in [6.07, 6.45) is 11.1. The molecule has 0 unspecified atom stereocenters.